The molecule has 0 heterocycles. The molecule has 1 rings (SSSR count). The third-order valence-corrected chi connectivity index (χ3v) is 6.70. The lowest BCUT2D eigenvalue weighted by molar-refractivity contribution is 0.104. The molecule has 0 aliphatic heterocycles. The molecule has 1 aromatic rings. The van der Waals surface area contributed by atoms with E-state index in [9.17, 15) is 0 Å². The summed E-state index contributed by atoms with van der Waals surface area (Å²) in [7, 11) is 2.22. The summed E-state index contributed by atoms with van der Waals surface area (Å²) in [4.78, 5) is 0. The average molecular weight is 324 g/mol. The fourth-order valence-electron chi connectivity index (χ4n) is 2.35. The second-order valence-electron chi connectivity index (χ2n) is 4.98. The normalized spacial score (nSPS) is 15.0. The number of hydrogen-bond acceptors (Lipinski definition) is 5. The van der Waals surface area contributed by atoms with E-state index in [0.717, 1.165) is 12.0 Å². The third kappa shape index (κ3) is 5.22. The maximum absolute atomic E-state index is 5.55. The van der Waals surface area contributed by atoms with Crippen LogP contribution < -0.4 is 10.6 Å². The zero-order valence-corrected chi connectivity index (χ0v) is 15.1. The highest BCUT2D eigenvalue weighted by Crippen LogP contribution is 2.15. The quantitative estimate of drug-likeness (QED) is 0.511. The van der Waals surface area contributed by atoms with Crippen molar-refractivity contribution < 1.29 is 13.3 Å². The van der Waals surface area contributed by atoms with Gasteiger partial charge >= 0.3 is 8.80 Å². The molecule has 0 saturated carbocycles. The van der Waals surface area contributed by atoms with Gasteiger partial charge in [-0.3, -0.25) is 5.32 Å². The van der Waals surface area contributed by atoms with Crippen LogP contribution in [0.5, 0.6) is 0 Å². The van der Waals surface area contributed by atoms with Gasteiger partial charge in [-0.25, -0.2) is 0 Å². The summed E-state index contributed by atoms with van der Waals surface area (Å²) < 4.78 is 16.7. The molecule has 2 unspecified atom stereocenters. The van der Waals surface area contributed by atoms with Crippen molar-refractivity contribution in [3.63, 3.8) is 0 Å². The fourth-order valence-corrected chi connectivity index (χ4v) is 4.66. The van der Waals surface area contributed by atoms with Crippen LogP contribution in [0.25, 0.3) is 6.08 Å². The molecule has 0 bridgehead atoms. The summed E-state index contributed by atoms with van der Waals surface area (Å²) in [5.41, 5.74) is 1.18. The van der Waals surface area contributed by atoms with Crippen LogP contribution in [-0.2, 0) is 13.3 Å². The summed E-state index contributed by atoms with van der Waals surface area (Å²) in [5.74, 6) is 0. The lowest BCUT2D eigenvalue weighted by atomic mass is 10.2. The van der Waals surface area contributed by atoms with Crippen LogP contribution in [0.3, 0.4) is 0 Å². The smallest absolute Gasteiger partial charge is 0.376 e. The molecular formula is C16H28N2O3Si. The van der Waals surface area contributed by atoms with Gasteiger partial charge < -0.3 is 18.6 Å². The van der Waals surface area contributed by atoms with Crippen LogP contribution in [0.4, 0.5) is 0 Å². The fraction of sp³-hybridized carbons (Fsp3) is 0.500. The lowest BCUT2D eigenvalue weighted by Gasteiger charge is -2.34. The molecule has 0 radical (unpaired) electrons. The number of benzene rings is 1. The first-order chi connectivity index (χ1) is 10.6. The molecule has 6 heteroatoms. The first-order valence-corrected chi connectivity index (χ1v) is 9.31. The molecule has 2 N–H and O–H groups in total. The third-order valence-electron chi connectivity index (χ3n) is 3.56. The van der Waals surface area contributed by atoms with Gasteiger partial charge in [-0.2, -0.15) is 0 Å². The molecule has 0 spiro atoms. The van der Waals surface area contributed by atoms with Crippen LogP contribution >= 0.6 is 0 Å². The zero-order chi connectivity index (χ0) is 16.4. The van der Waals surface area contributed by atoms with Gasteiger partial charge in [-0.15, -0.1) is 0 Å². The molecule has 124 valence electrons. The molecule has 0 fully saturated rings. The highest BCUT2D eigenvalue weighted by molar-refractivity contribution is 6.62. The van der Waals surface area contributed by atoms with E-state index in [1.54, 1.807) is 21.3 Å². The highest BCUT2D eigenvalue weighted by atomic mass is 28.4. The summed E-state index contributed by atoms with van der Waals surface area (Å²) in [6, 6.07) is 10.2. The predicted molar refractivity (Wildman–Crippen MR) is 92.1 cm³/mol. The van der Waals surface area contributed by atoms with Crippen LogP contribution in [-0.4, -0.2) is 42.0 Å². The maximum atomic E-state index is 5.55. The monoisotopic (exact) mass is 324 g/mol. The van der Waals surface area contributed by atoms with Crippen LogP contribution in [0.1, 0.15) is 25.8 Å². The summed E-state index contributed by atoms with van der Waals surface area (Å²) in [6.07, 6.45) is 4.90. The Morgan fingerprint density at radius 3 is 2.18 bits per heavy atom. The molecule has 0 amide bonds. The summed E-state index contributed by atoms with van der Waals surface area (Å²) in [5, 5.41) is 6.78. The molecular weight excluding hydrogens is 296 g/mol. The molecule has 22 heavy (non-hydrogen) atoms. The SMILES string of the molecule is CCC(NC(C)NC=Cc1ccccc1)[Si](OC)(OC)OC. The Labute approximate surface area is 135 Å². The van der Waals surface area contributed by atoms with Crippen molar-refractivity contribution in [3.8, 4) is 0 Å². The van der Waals surface area contributed by atoms with Crippen molar-refractivity contribution in [2.24, 2.45) is 0 Å². The van der Waals surface area contributed by atoms with Gasteiger partial charge in [0.2, 0.25) is 0 Å². The van der Waals surface area contributed by atoms with Gasteiger partial charge in [0.25, 0.3) is 0 Å². The summed E-state index contributed by atoms with van der Waals surface area (Å²) >= 11 is 0. The van der Waals surface area contributed by atoms with Crippen LogP contribution in [0.2, 0.25) is 0 Å². The van der Waals surface area contributed by atoms with Gasteiger partial charge in [0.1, 0.15) is 0 Å². The average Bonchev–Trinajstić information content (AvgIpc) is 2.56. The Morgan fingerprint density at radius 1 is 1.09 bits per heavy atom. The van der Waals surface area contributed by atoms with E-state index >= 15 is 0 Å². The van der Waals surface area contributed by atoms with E-state index in [2.05, 4.69) is 36.6 Å². The molecule has 0 aliphatic carbocycles. The number of nitrogens with one attached hydrogen (secondary N) is 2. The van der Waals surface area contributed by atoms with Crippen LogP contribution in [0.15, 0.2) is 36.5 Å². The maximum Gasteiger partial charge on any atom is 0.518 e. The van der Waals surface area contributed by atoms with Gasteiger partial charge in [-0.1, -0.05) is 37.3 Å². The number of rotatable bonds is 10. The molecule has 0 aromatic heterocycles. The van der Waals surface area contributed by atoms with Gasteiger partial charge in [0.05, 0.1) is 11.8 Å². The van der Waals surface area contributed by atoms with E-state index < -0.39 is 8.80 Å². The van der Waals surface area contributed by atoms with E-state index in [0.29, 0.717) is 0 Å². The topological polar surface area (TPSA) is 51.8 Å². The second kappa shape index (κ2) is 9.76. The Kier molecular flexibility index (Phi) is 8.37. The van der Waals surface area contributed by atoms with Crippen molar-refractivity contribution in [3.05, 3.63) is 42.1 Å². The predicted octanol–water partition coefficient (Wildman–Crippen LogP) is 2.38. The van der Waals surface area contributed by atoms with E-state index in [1.807, 2.05) is 30.5 Å². The molecule has 1 aromatic carbocycles. The first-order valence-electron chi connectivity index (χ1n) is 7.51. The Balaban J connectivity index is 2.58. The number of hydrogen-bond donors (Lipinski definition) is 2. The van der Waals surface area contributed by atoms with Crippen molar-refractivity contribution >= 4 is 14.9 Å². The van der Waals surface area contributed by atoms with Crippen molar-refractivity contribution in [1.29, 1.82) is 0 Å². The van der Waals surface area contributed by atoms with Crippen molar-refractivity contribution in [2.75, 3.05) is 21.3 Å². The Hall–Kier alpha value is -1.18. The van der Waals surface area contributed by atoms with E-state index in [1.165, 1.54) is 0 Å². The van der Waals surface area contributed by atoms with Crippen molar-refractivity contribution in [2.45, 2.75) is 32.1 Å². The van der Waals surface area contributed by atoms with Crippen LogP contribution in [0, 0.1) is 0 Å². The van der Waals surface area contributed by atoms with Gasteiger partial charge in [-0.05, 0) is 31.2 Å². The molecule has 0 aliphatic rings. The largest absolute Gasteiger partial charge is 0.518 e. The molecule has 0 saturated heterocycles. The minimum atomic E-state index is -2.69. The first kappa shape index (κ1) is 18.9. The van der Waals surface area contributed by atoms with Gasteiger partial charge in [0.15, 0.2) is 0 Å². The van der Waals surface area contributed by atoms with E-state index in [-0.39, 0.29) is 11.8 Å². The molecule has 2 atom stereocenters. The standard InChI is InChI=1S/C16H28N2O3Si/c1-6-16(22(19-3,20-4)21-5)18-14(2)17-13-12-15-10-8-7-9-11-15/h7-14,16-18H,6H2,1-5H3. The van der Waals surface area contributed by atoms with Gasteiger partial charge in [0, 0.05) is 21.3 Å². The Morgan fingerprint density at radius 2 is 1.68 bits per heavy atom. The minimum Gasteiger partial charge on any atom is -0.376 e. The lowest BCUT2D eigenvalue weighted by Crippen LogP contribution is -2.63. The second-order valence-corrected chi connectivity index (χ2v) is 8.10. The minimum absolute atomic E-state index is 0.0279. The van der Waals surface area contributed by atoms with E-state index in [4.69, 9.17) is 13.3 Å². The summed E-state index contributed by atoms with van der Waals surface area (Å²) in [6.45, 7) is 4.14. The highest BCUT2D eigenvalue weighted by Gasteiger charge is 2.46. The van der Waals surface area contributed by atoms with Crippen molar-refractivity contribution in [1.82, 2.24) is 10.6 Å². The zero-order valence-electron chi connectivity index (χ0n) is 14.1. The Bertz CT molecular complexity index is 430. The molecule has 5 nitrogen and oxygen atoms in total.